The van der Waals surface area contributed by atoms with Gasteiger partial charge in [0.25, 0.3) is 0 Å². The third kappa shape index (κ3) is 10.4. The van der Waals surface area contributed by atoms with Gasteiger partial charge in [-0.1, -0.05) is 50.1 Å². The standard InChI is InChI=1S/C20H33N3O4.C2HF3O2/c24-17-9-11-23(12-10-17)14-18-21-20(27-22-18)16(13-19(25)26)8-4-7-15-5-2-1-3-6-15;3-2(4,5)1(6)7/h15-17,24H,1-14H2,(H,25,26);(H,6,7)/t16-;/m1./s1. The van der Waals surface area contributed by atoms with Crippen molar-refractivity contribution in [2.24, 2.45) is 5.92 Å². The van der Waals surface area contributed by atoms with Crippen LogP contribution in [0.5, 0.6) is 0 Å². The van der Waals surface area contributed by atoms with Gasteiger partial charge in [0.1, 0.15) is 0 Å². The van der Waals surface area contributed by atoms with Crippen molar-refractivity contribution in [1.82, 2.24) is 15.0 Å². The lowest BCUT2D eigenvalue weighted by atomic mass is 9.84. The zero-order valence-corrected chi connectivity index (χ0v) is 19.2. The van der Waals surface area contributed by atoms with Gasteiger partial charge < -0.3 is 19.8 Å². The van der Waals surface area contributed by atoms with Crippen molar-refractivity contribution >= 4 is 11.9 Å². The van der Waals surface area contributed by atoms with Gasteiger partial charge in [-0.3, -0.25) is 9.69 Å². The van der Waals surface area contributed by atoms with Crippen LogP contribution in [0.2, 0.25) is 0 Å². The van der Waals surface area contributed by atoms with Crippen molar-refractivity contribution in [2.45, 2.75) is 95.4 Å². The summed E-state index contributed by atoms with van der Waals surface area (Å²) in [4.78, 5) is 26.9. The Morgan fingerprint density at radius 2 is 1.71 bits per heavy atom. The molecule has 1 aromatic rings. The smallest absolute Gasteiger partial charge is 0.481 e. The number of likely N-dealkylation sites (tertiary alicyclic amines) is 1. The lowest BCUT2D eigenvalue weighted by Crippen LogP contribution is -2.35. The monoisotopic (exact) mass is 493 g/mol. The van der Waals surface area contributed by atoms with Crippen molar-refractivity contribution in [1.29, 1.82) is 0 Å². The fraction of sp³-hybridized carbons (Fsp3) is 0.818. The summed E-state index contributed by atoms with van der Waals surface area (Å²) < 4.78 is 37.2. The Bertz CT molecular complexity index is 759. The van der Waals surface area contributed by atoms with Crippen LogP contribution in [-0.2, 0) is 16.1 Å². The van der Waals surface area contributed by atoms with Gasteiger partial charge in [0.15, 0.2) is 5.82 Å². The van der Waals surface area contributed by atoms with Crippen molar-refractivity contribution in [3.05, 3.63) is 11.7 Å². The molecule has 0 radical (unpaired) electrons. The van der Waals surface area contributed by atoms with E-state index in [-0.39, 0.29) is 18.4 Å². The molecule has 0 bridgehead atoms. The van der Waals surface area contributed by atoms with Crippen molar-refractivity contribution in [2.75, 3.05) is 13.1 Å². The van der Waals surface area contributed by atoms with E-state index in [9.17, 15) is 28.2 Å². The van der Waals surface area contributed by atoms with E-state index < -0.39 is 18.1 Å². The Morgan fingerprint density at radius 3 is 2.26 bits per heavy atom. The highest BCUT2D eigenvalue weighted by Gasteiger charge is 2.38. The van der Waals surface area contributed by atoms with Gasteiger partial charge in [0, 0.05) is 19.0 Å². The van der Waals surface area contributed by atoms with Crippen LogP contribution in [0.3, 0.4) is 0 Å². The minimum Gasteiger partial charge on any atom is -0.481 e. The molecule has 34 heavy (non-hydrogen) atoms. The summed E-state index contributed by atoms with van der Waals surface area (Å²) in [5.41, 5.74) is 0. The van der Waals surface area contributed by atoms with Gasteiger partial charge in [-0.15, -0.1) is 0 Å². The number of nitrogens with zero attached hydrogens (tertiary/aromatic N) is 3. The van der Waals surface area contributed by atoms with Crippen LogP contribution in [0.4, 0.5) is 13.2 Å². The number of hydrogen-bond donors (Lipinski definition) is 3. The zero-order chi connectivity index (χ0) is 25.1. The number of aliphatic hydroxyl groups excluding tert-OH is 1. The lowest BCUT2D eigenvalue weighted by Gasteiger charge is -2.28. The average molecular weight is 494 g/mol. The van der Waals surface area contributed by atoms with Crippen LogP contribution in [0, 0.1) is 5.92 Å². The Kier molecular flexibility index (Phi) is 11.2. The number of aliphatic hydroxyl groups is 1. The first kappa shape index (κ1) is 28.0. The highest BCUT2D eigenvalue weighted by molar-refractivity contribution is 5.73. The molecule has 1 saturated heterocycles. The second-order valence-corrected chi connectivity index (χ2v) is 9.09. The van der Waals surface area contributed by atoms with E-state index >= 15 is 0 Å². The predicted octanol–water partition coefficient (Wildman–Crippen LogP) is 3.97. The van der Waals surface area contributed by atoms with E-state index in [4.69, 9.17) is 14.4 Å². The maximum absolute atomic E-state index is 11.3. The number of aliphatic carboxylic acids is 2. The summed E-state index contributed by atoms with van der Waals surface area (Å²) in [6.07, 6.45) is 5.96. The molecule has 1 saturated carbocycles. The van der Waals surface area contributed by atoms with Crippen molar-refractivity contribution < 1.29 is 42.6 Å². The number of carboxylic acids is 2. The molecule has 0 amide bonds. The van der Waals surface area contributed by atoms with E-state index in [0.29, 0.717) is 18.3 Å². The summed E-state index contributed by atoms with van der Waals surface area (Å²) in [6.45, 7) is 2.24. The van der Waals surface area contributed by atoms with Crippen molar-refractivity contribution in [3.8, 4) is 0 Å². The first-order valence-electron chi connectivity index (χ1n) is 11.8. The molecule has 2 fully saturated rings. The Morgan fingerprint density at radius 1 is 1.09 bits per heavy atom. The van der Waals surface area contributed by atoms with Crippen LogP contribution in [0.1, 0.15) is 88.3 Å². The number of piperidine rings is 1. The minimum absolute atomic E-state index is 0.0439. The van der Waals surface area contributed by atoms with Crippen LogP contribution in [0.15, 0.2) is 4.52 Å². The summed E-state index contributed by atoms with van der Waals surface area (Å²) >= 11 is 0. The van der Waals surface area contributed by atoms with Crippen LogP contribution < -0.4 is 0 Å². The Labute approximate surface area is 196 Å². The van der Waals surface area contributed by atoms with Crippen LogP contribution >= 0.6 is 0 Å². The van der Waals surface area contributed by atoms with Crippen LogP contribution in [-0.4, -0.2) is 67.7 Å². The molecule has 3 N–H and O–H groups in total. The van der Waals surface area contributed by atoms with Gasteiger partial charge >= 0.3 is 18.1 Å². The molecule has 0 unspecified atom stereocenters. The molecule has 1 aromatic heterocycles. The maximum Gasteiger partial charge on any atom is 0.490 e. The van der Waals surface area contributed by atoms with Crippen LogP contribution in [0.25, 0.3) is 0 Å². The van der Waals surface area contributed by atoms with E-state index in [1.807, 2.05) is 0 Å². The molecule has 2 heterocycles. The third-order valence-corrected chi connectivity index (χ3v) is 6.31. The normalized spacial score (nSPS) is 19.3. The first-order valence-corrected chi connectivity index (χ1v) is 11.8. The zero-order valence-electron chi connectivity index (χ0n) is 19.2. The van der Waals surface area contributed by atoms with Gasteiger partial charge in [0.2, 0.25) is 5.89 Å². The first-order chi connectivity index (χ1) is 16.0. The number of rotatable bonds is 9. The SMILES string of the molecule is O=C(O)C(F)(F)F.O=C(O)C[C@@H](CCCC1CCCCC1)c1nc(CN2CCC(O)CC2)no1. The minimum atomic E-state index is -5.08. The average Bonchev–Trinajstić information content (AvgIpc) is 3.23. The summed E-state index contributed by atoms with van der Waals surface area (Å²) in [7, 11) is 0. The summed E-state index contributed by atoms with van der Waals surface area (Å²) in [5.74, 6) is -1.89. The van der Waals surface area contributed by atoms with Gasteiger partial charge in [0.05, 0.1) is 19.1 Å². The van der Waals surface area contributed by atoms with Crippen molar-refractivity contribution in [3.63, 3.8) is 0 Å². The largest absolute Gasteiger partial charge is 0.490 e. The third-order valence-electron chi connectivity index (χ3n) is 6.31. The molecule has 2 aliphatic rings. The molecule has 1 aliphatic carbocycles. The molecular formula is C22H34F3N3O6. The van der Waals surface area contributed by atoms with E-state index in [1.54, 1.807) is 0 Å². The topological polar surface area (TPSA) is 137 Å². The number of hydrogen-bond acceptors (Lipinski definition) is 7. The fourth-order valence-electron chi connectivity index (χ4n) is 4.43. The van der Waals surface area contributed by atoms with E-state index in [0.717, 1.165) is 44.7 Å². The molecule has 1 aliphatic heterocycles. The van der Waals surface area contributed by atoms with E-state index in [2.05, 4.69) is 15.0 Å². The van der Waals surface area contributed by atoms with Gasteiger partial charge in [-0.25, -0.2) is 4.79 Å². The quantitative estimate of drug-likeness (QED) is 0.467. The Balaban J connectivity index is 0.000000509. The molecule has 0 spiro atoms. The summed E-state index contributed by atoms with van der Waals surface area (Å²) in [6, 6.07) is 0. The fourth-order valence-corrected chi connectivity index (χ4v) is 4.43. The highest BCUT2D eigenvalue weighted by Crippen LogP contribution is 2.31. The number of alkyl halides is 3. The molecule has 0 aromatic carbocycles. The number of carboxylic acid groups (broad SMARTS) is 2. The van der Waals surface area contributed by atoms with E-state index in [1.165, 1.54) is 38.5 Å². The molecule has 12 heteroatoms. The molecule has 1 atom stereocenters. The second-order valence-electron chi connectivity index (χ2n) is 9.09. The maximum atomic E-state index is 11.3. The molecule has 3 rings (SSSR count). The Hall–Kier alpha value is -2.21. The van der Waals surface area contributed by atoms with Gasteiger partial charge in [-0.2, -0.15) is 18.2 Å². The lowest BCUT2D eigenvalue weighted by molar-refractivity contribution is -0.192. The summed E-state index contributed by atoms with van der Waals surface area (Å²) in [5, 5.41) is 30.1. The highest BCUT2D eigenvalue weighted by atomic mass is 19.4. The predicted molar refractivity (Wildman–Crippen MR) is 114 cm³/mol. The number of aromatic nitrogens is 2. The van der Waals surface area contributed by atoms with Gasteiger partial charge in [-0.05, 0) is 25.2 Å². The number of carbonyl (C=O) groups is 2. The molecule has 9 nitrogen and oxygen atoms in total. The number of halogens is 3. The second kappa shape index (κ2) is 13.6. The molecular weight excluding hydrogens is 459 g/mol. The molecule has 194 valence electrons.